The third kappa shape index (κ3) is 5.88. The molecule has 0 saturated carbocycles. The van der Waals surface area contributed by atoms with Gasteiger partial charge in [-0.25, -0.2) is 0 Å². The Kier molecular flexibility index (Phi) is 7.27. The van der Waals surface area contributed by atoms with Gasteiger partial charge in [0.2, 0.25) is 0 Å². The molecule has 2 rings (SSSR count). The highest BCUT2D eigenvalue weighted by atomic mass is 33.1. The summed E-state index contributed by atoms with van der Waals surface area (Å²) in [5, 5.41) is 0. The standard InChI is InChI=1S/C28H42S2/c1-25(2,3)19-15-13-17-21(23(19)27(7,8)9)29-30-22-18-14-16-20(26(4,5)6)24(22)28(10,11)12/h13-18H,1-12H3. The second-order valence-electron chi connectivity index (χ2n) is 12.5. The minimum absolute atomic E-state index is 0.104. The van der Waals surface area contributed by atoms with Gasteiger partial charge in [-0.05, 0) is 56.0 Å². The molecule has 0 nitrogen and oxygen atoms in total. The highest BCUT2D eigenvalue weighted by molar-refractivity contribution is 8.76. The van der Waals surface area contributed by atoms with Crippen molar-refractivity contribution in [3.8, 4) is 0 Å². The second kappa shape index (κ2) is 8.58. The summed E-state index contributed by atoms with van der Waals surface area (Å²) in [6.45, 7) is 28.0. The van der Waals surface area contributed by atoms with Crippen LogP contribution in [0.2, 0.25) is 0 Å². The lowest BCUT2D eigenvalue weighted by atomic mass is 9.75. The Morgan fingerprint density at radius 2 is 0.733 bits per heavy atom. The predicted molar refractivity (Wildman–Crippen MR) is 139 cm³/mol. The minimum Gasteiger partial charge on any atom is -0.0608 e. The third-order valence-electron chi connectivity index (χ3n) is 5.39. The van der Waals surface area contributed by atoms with Gasteiger partial charge in [0.25, 0.3) is 0 Å². The average molecular weight is 443 g/mol. The number of benzene rings is 2. The smallest absolute Gasteiger partial charge is 0.0226 e. The Morgan fingerprint density at radius 1 is 0.433 bits per heavy atom. The highest BCUT2D eigenvalue weighted by Crippen LogP contribution is 2.49. The predicted octanol–water partition coefficient (Wildman–Crippen LogP) is 9.68. The van der Waals surface area contributed by atoms with E-state index in [1.54, 1.807) is 0 Å². The molecule has 0 aliphatic rings. The molecule has 0 fully saturated rings. The molecular formula is C28H42S2. The van der Waals surface area contributed by atoms with Crippen molar-refractivity contribution >= 4 is 21.6 Å². The molecule has 0 radical (unpaired) electrons. The van der Waals surface area contributed by atoms with Crippen molar-refractivity contribution in [2.24, 2.45) is 0 Å². The number of hydrogen-bond donors (Lipinski definition) is 0. The normalized spacial score (nSPS) is 13.6. The van der Waals surface area contributed by atoms with Gasteiger partial charge in [0.05, 0.1) is 0 Å². The van der Waals surface area contributed by atoms with E-state index in [2.05, 4.69) is 119 Å². The molecule has 0 bridgehead atoms. The zero-order chi connectivity index (χ0) is 23.1. The molecular weight excluding hydrogens is 400 g/mol. The first kappa shape index (κ1) is 25.4. The fraction of sp³-hybridized carbons (Fsp3) is 0.571. The molecule has 0 spiro atoms. The molecule has 2 aromatic carbocycles. The largest absolute Gasteiger partial charge is 0.0608 e. The van der Waals surface area contributed by atoms with Crippen LogP contribution in [-0.2, 0) is 21.7 Å². The van der Waals surface area contributed by atoms with E-state index in [0.717, 1.165) is 0 Å². The molecule has 30 heavy (non-hydrogen) atoms. The molecule has 0 atom stereocenters. The molecule has 0 N–H and O–H groups in total. The summed E-state index contributed by atoms with van der Waals surface area (Å²) in [5.41, 5.74) is 6.36. The van der Waals surface area contributed by atoms with Crippen molar-refractivity contribution < 1.29 is 0 Å². The zero-order valence-corrected chi connectivity index (χ0v) is 22.9. The van der Waals surface area contributed by atoms with Gasteiger partial charge >= 0.3 is 0 Å². The van der Waals surface area contributed by atoms with E-state index < -0.39 is 0 Å². The van der Waals surface area contributed by atoms with Crippen molar-refractivity contribution in [2.45, 2.75) is 115 Å². The van der Waals surface area contributed by atoms with Crippen molar-refractivity contribution in [1.29, 1.82) is 0 Å². The van der Waals surface area contributed by atoms with Crippen LogP contribution in [0.5, 0.6) is 0 Å². The monoisotopic (exact) mass is 442 g/mol. The first-order valence-corrected chi connectivity index (χ1v) is 13.2. The quantitative estimate of drug-likeness (QED) is 0.434. The van der Waals surface area contributed by atoms with Crippen molar-refractivity contribution in [3.63, 3.8) is 0 Å². The molecule has 2 aromatic rings. The van der Waals surface area contributed by atoms with Gasteiger partial charge in [-0.15, -0.1) is 0 Å². The van der Waals surface area contributed by atoms with Gasteiger partial charge in [0.1, 0.15) is 0 Å². The summed E-state index contributed by atoms with van der Waals surface area (Å²) in [6.07, 6.45) is 0. The van der Waals surface area contributed by atoms with Gasteiger partial charge in [-0.1, -0.05) is 129 Å². The molecule has 0 unspecified atom stereocenters. The molecule has 0 amide bonds. The maximum absolute atomic E-state index is 2.34. The average Bonchev–Trinajstić information content (AvgIpc) is 2.56. The summed E-state index contributed by atoms with van der Waals surface area (Å²) in [4.78, 5) is 2.78. The van der Waals surface area contributed by atoms with Crippen LogP contribution in [0, 0.1) is 0 Å². The van der Waals surface area contributed by atoms with Gasteiger partial charge in [0, 0.05) is 9.79 Å². The third-order valence-corrected chi connectivity index (χ3v) is 7.84. The van der Waals surface area contributed by atoms with E-state index >= 15 is 0 Å². The SMILES string of the molecule is CC(C)(C)c1cccc(SSc2cccc(C(C)(C)C)c2C(C)(C)C)c1C(C)(C)C. The van der Waals surface area contributed by atoms with Crippen LogP contribution in [0.4, 0.5) is 0 Å². The van der Waals surface area contributed by atoms with E-state index in [1.165, 1.54) is 32.0 Å². The fourth-order valence-electron chi connectivity index (χ4n) is 4.09. The van der Waals surface area contributed by atoms with Crippen molar-refractivity contribution in [3.05, 3.63) is 58.7 Å². The first-order valence-electron chi connectivity index (χ1n) is 11.1. The molecule has 0 saturated heterocycles. The van der Waals surface area contributed by atoms with E-state index in [4.69, 9.17) is 0 Å². The first-order chi connectivity index (χ1) is 13.4. The highest BCUT2D eigenvalue weighted by Gasteiger charge is 2.30. The fourth-order valence-corrected chi connectivity index (χ4v) is 6.91. The maximum atomic E-state index is 2.34. The van der Waals surface area contributed by atoms with Gasteiger partial charge in [-0.3, -0.25) is 0 Å². The molecule has 166 valence electrons. The van der Waals surface area contributed by atoms with Crippen LogP contribution in [0.1, 0.15) is 105 Å². The summed E-state index contributed by atoms with van der Waals surface area (Å²) >= 11 is 0. The Labute approximate surface area is 194 Å². The molecule has 0 heterocycles. The van der Waals surface area contributed by atoms with Crippen LogP contribution < -0.4 is 0 Å². The lowest BCUT2D eigenvalue weighted by Gasteiger charge is -2.33. The van der Waals surface area contributed by atoms with Crippen LogP contribution in [-0.4, -0.2) is 0 Å². The summed E-state index contributed by atoms with van der Waals surface area (Å²) in [5.74, 6) is 0. The summed E-state index contributed by atoms with van der Waals surface area (Å²) < 4.78 is 0. The van der Waals surface area contributed by atoms with Crippen molar-refractivity contribution in [1.82, 2.24) is 0 Å². The molecule has 0 aliphatic carbocycles. The lowest BCUT2D eigenvalue weighted by Crippen LogP contribution is -2.23. The summed E-state index contributed by atoms with van der Waals surface area (Å²) in [6, 6.07) is 13.7. The molecule has 2 heteroatoms. The van der Waals surface area contributed by atoms with Gasteiger partial charge in [0.15, 0.2) is 0 Å². The Bertz CT molecular complexity index is 803. The van der Waals surface area contributed by atoms with E-state index in [1.807, 2.05) is 21.6 Å². The molecule has 0 aliphatic heterocycles. The topological polar surface area (TPSA) is 0 Å². The van der Waals surface area contributed by atoms with Gasteiger partial charge < -0.3 is 0 Å². The Hall–Kier alpha value is -0.860. The summed E-state index contributed by atoms with van der Waals surface area (Å²) in [7, 11) is 3.85. The minimum atomic E-state index is 0.104. The molecule has 0 aromatic heterocycles. The van der Waals surface area contributed by atoms with Crippen LogP contribution >= 0.6 is 21.6 Å². The number of rotatable bonds is 3. The van der Waals surface area contributed by atoms with E-state index in [0.29, 0.717) is 0 Å². The number of hydrogen-bond acceptors (Lipinski definition) is 2. The Morgan fingerprint density at radius 3 is 0.967 bits per heavy atom. The van der Waals surface area contributed by atoms with Gasteiger partial charge in [-0.2, -0.15) is 0 Å². The maximum Gasteiger partial charge on any atom is 0.0226 e. The van der Waals surface area contributed by atoms with Crippen LogP contribution in [0.3, 0.4) is 0 Å². The lowest BCUT2D eigenvalue weighted by molar-refractivity contribution is 0.521. The Balaban J connectivity index is 2.56. The van der Waals surface area contributed by atoms with Crippen LogP contribution in [0.25, 0.3) is 0 Å². The van der Waals surface area contributed by atoms with E-state index in [9.17, 15) is 0 Å². The zero-order valence-electron chi connectivity index (χ0n) is 21.3. The van der Waals surface area contributed by atoms with Crippen LogP contribution in [0.15, 0.2) is 46.2 Å². The second-order valence-corrected chi connectivity index (χ2v) is 14.7. The van der Waals surface area contributed by atoms with Crippen molar-refractivity contribution in [2.75, 3.05) is 0 Å². The van der Waals surface area contributed by atoms with E-state index in [-0.39, 0.29) is 21.7 Å².